The first kappa shape index (κ1) is 18.7. The molecule has 5 nitrogen and oxygen atoms in total. The fourth-order valence-electron chi connectivity index (χ4n) is 2.22. The van der Waals surface area contributed by atoms with Crippen LogP contribution in [0.3, 0.4) is 0 Å². The number of hydrogen-bond acceptors (Lipinski definition) is 4. The van der Waals surface area contributed by atoms with E-state index in [1.165, 1.54) is 0 Å². The van der Waals surface area contributed by atoms with Crippen LogP contribution in [0, 0.1) is 6.92 Å². The molecular weight excluding hydrogens is 304 g/mol. The average molecular weight is 329 g/mol. The van der Waals surface area contributed by atoms with Gasteiger partial charge in [0.15, 0.2) is 0 Å². The summed E-state index contributed by atoms with van der Waals surface area (Å²) in [6.07, 6.45) is 1.52. The maximum absolute atomic E-state index is 11.7. The van der Waals surface area contributed by atoms with Crippen molar-refractivity contribution in [1.82, 2.24) is 10.6 Å². The van der Waals surface area contributed by atoms with Crippen molar-refractivity contribution in [2.24, 2.45) is 0 Å². The van der Waals surface area contributed by atoms with Gasteiger partial charge >= 0.3 is 0 Å². The Morgan fingerprint density at radius 3 is 2.95 bits per heavy atom. The van der Waals surface area contributed by atoms with Gasteiger partial charge in [-0.2, -0.15) is 0 Å². The zero-order valence-corrected chi connectivity index (χ0v) is 14.0. The van der Waals surface area contributed by atoms with Crippen molar-refractivity contribution in [3.8, 4) is 5.75 Å². The van der Waals surface area contributed by atoms with E-state index in [1.807, 2.05) is 32.2 Å². The molecule has 1 amide bonds. The normalized spacial score (nSPS) is 16.9. The van der Waals surface area contributed by atoms with Crippen molar-refractivity contribution in [2.75, 3.05) is 26.8 Å². The van der Waals surface area contributed by atoms with Gasteiger partial charge in [0, 0.05) is 31.5 Å². The summed E-state index contributed by atoms with van der Waals surface area (Å²) in [5.74, 6) is 0.888. The highest BCUT2D eigenvalue weighted by Crippen LogP contribution is 2.23. The minimum Gasteiger partial charge on any atom is -0.488 e. The average Bonchev–Trinajstić information content (AvgIpc) is 2.97. The zero-order chi connectivity index (χ0) is 15.1. The lowest BCUT2D eigenvalue weighted by Crippen LogP contribution is -2.26. The highest BCUT2D eigenvalue weighted by Gasteiger charge is 2.18. The van der Waals surface area contributed by atoms with Crippen LogP contribution in [0.15, 0.2) is 18.2 Å². The lowest BCUT2D eigenvalue weighted by atomic mass is 10.1. The second kappa shape index (κ2) is 9.66. The monoisotopic (exact) mass is 328 g/mol. The Kier molecular flexibility index (Phi) is 8.24. The van der Waals surface area contributed by atoms with Gasteiger partial charge in [0.25, 0.3) is 0 Å². The number of ether oxygens (including phenoxy) is 2. The van der Waals surface area contributed by atoms with Crippen molar-refractivity contribution in [3.05, 3.63) is 29.3 Å². The molecule has 124 valence electrons. The van der Waals surface area contributed by atoms with Gasteiger partial charge in [0.05, 0.1) is 13.2 Å². The lowest BCUT2D eigenvalue weighted by Gasteiger charge is -2.16. The van der Waals surface area contributed by atoms with Crippen LogP contribution in [0.2, 0.25) is 0 Å². The molecule has 0 aromatic heterocycles. The smallest absolute Gasteiger partial charge is 0.221 e. The van der Waals surface area contributed by atoms with Gasteiger partial charge in [-0.25, -0.2) is 0 Å². The van der Waals surface area contributed by atoms with Gasteiger partial charge in [0.1, 0.15) is 11.9 Å². The summed E-state index contributed by atoms with van der Waals surface area (Å²) < 4.78 is 11.4. The lowest BCUT2D eigenvalue weighted by molar-refractivity contribution is -0.121. The number of nitrogens with one attached hydrogen (secondary N) is 2. The number of benzene rings is 1. The van der Waals surface area contributed by atoms with E-state index < -0.39 is 0 Å². The van der Waals surface area contributed by atoms with Crippen molar-refractivity contribution >= 4 is 18.3 Å². The minimum absolute atomic E-state index is 0. The molecule has 1 saturated heterocycles. The molecule has 2 rings (SSSR count). The van der Waals surface area contributed by atoms with E-state index in [-0.39, 0.29) is 24.4 Å². The largest absolute Gasteiger partial charge is 0.488 e. The maximum atomic E-state index is 11.7. The molecule has 0 spiro atoms. The topological polar surface area (TPSA) is 59.6 Å². The van der Waals surface area contributed by atoms with E-state index >= 15 is 0 Å². The number of rotatable bonds is 7. The quantitative estimate of drug-likeness (QED) is 0.801. The number of halogens is 1. The van der Waals surface area contributed by atoms with Crippen molar-refractivity contribution < 1.29 is 14.3 Å². The summed E-state index contributed by atoms with van der Waals surface area (Å²) in [4.78, 5) is 11.7. The van der Waals surface area contributed by atoms with Crippen LogP contribution < -0.4 is 15.4 Å². The minimum atomic E-state index is 0. The Morgan fingerprint density at radius 1 is 1.45 bits per heavy atom. The summed E-state index contributed by atoms with van der Waals surface area (Å²) >= 11 is 0. The molecule has 1 aliphatic rings. The van der Waals surface area contributed by atoms with Crippen LogP contribution in [0.25, 0.3) is 0 Å². The number of aryl methyl sites for hydroxylation is 1. The molecule has 1 aliphatic heterocycles. The van der Waals surface area contributed by atoms with E-state index in [2.05, 4.69) is 10.6 Å². The third-order valence-electron chi connectivity index (χ3n) is 3.48. The Bertz CT molecular complexity index is 476. The highest BCUT2D eigenvalue weighted by molar-refractivity contribution is 5.85. The van der Waals surface area contributed by atoms with Gasteiger partial charge in [-0.1, -0.05) is 12.1 Å². The molecule has 1 unspecified atom stereocenters. The second-order valence-electron chi connectivity index (χ2n) is 5.34. The summed E-state index contributed by atoms with van der Waals surface area (Å²) in [6, 6.07) is 6.07. The summed E-state index contributed by atoms with van der Waals surface area (Å²) in [7, 11) is 1.84. The van der Waals surface area contributed by atoms with Crippen LogP contribution in [0.5, 0.6) is 5.75 Å². The number of carbonyl (C=O) groups excluding carboxylic acids is 1. The van der Waals surface area contributed by atoms with E-state index in [4.69, 9.17) is 9.47 Å². The summed E-state index contributed by atoms with van der Waals surface area (Å²) in [5.41, 5.74) is 2.15. The molecule has 1 aromatic carbocycles. The zero-order valence-electron chi connectivity index (χ0n) is 13.2. The van der Waals surface area contributed by atoms with Crippen LogP contribution in [0.1, 0.15) is 24.0 Å². The van der Waals surface area contributed by atoms with Gasteiger partial charge in [-0.05, 0) is 25.6 Å². The third-order valence-corrected chi connectivity index (χ3v) is 3.48. The van der Waals surface area contributed by atoms with E-state index in [0.717, 1.165) is 29.9 Å². The second-order valence-corrected chi connectivity index (χ2v) is 5.34. The fraction of sp³-hybridized carbons (Fsp3) is 0.562. The Hall–Kier alpha value is -1.30. The molecule has 0 radical (unpaired) electrons. The molecule has 1 fully saturated rings. The maximum Gasteiger partial charge on any atom is 0.221 e. The molecule has 0 saturated carbocycles. The first-order chi connectivity index (χ1) is 10.2. The molecule has 1 atom stereocenters. The van der Waals surface area contributed by atoms with Gasteiger partial charge < -0.3 is 20.1 Å². The van der Waals surface area contributed by atoms with Crippen molar-refractivity contribution in [3.63, 3.8) is 0 Å². The third kappa shape index (κ3) is 5.83. The van der Waals surface area contributed by atoms with E-state index in [0.29, 0.717) is 26.1 Å². The molecule has 6 heteroatoms. The molecule has 2 N–H and O–H groups in total. The van der Waals surface area contributed by atoms with Gasteiger partial charge in [0.2, 0.25) is 5.91 Å². The van der Waals surface area contributed by atoms with Crippen LogP contribution in [-0.2, 0) is 16.1 Å². The van der Waals surface area contributed by atoms with Gasteiger partial charge in [-0.15, -0.1) is 12.4 Å². The Labute approximate surface area is 138 Å². The standard InChI is InChI=1S/C16H24N2O3.ClH/c1-12-3-4-13(10-18-16(19)5-7-17-2)15(9-12)21-14-6-8-20-11-14;/h3-4,9,14,17H,5-8,10-11H2,1-2H3,(H,18,19);1H. The first-order valence-corrected chi connectivity index (χ1v) is 7.44. The van der Waals surface area contributed by atoms with Crippen molar-refractivity contribution in [2.45, 2.75) is 32.4 Å². The predicted molar refractivity (Wildman–Crippen MR) is 88.7 cm³/mol. The number of amides is 1. The first-order valence-electron chi connectivity index (χ1n) is 7.44. The molecule has 0 aliphatic carbocycles. The Balaban J connectivity index is 0.00000242. The molecule has 22 heavy (non-hydrogen) atoms. The SMILES string of the molecule is CNCCC(=O)NCc1ccc(C)cc1OC1CCOC1.Cl. The fourth-order valence-corrected chi connectivity index (χ4v) is 2.22. The molecular formula is C16H25ClN2O3. The molecule has 1 aromatic rings. The van der Waals surface area contributed by atoms with Crippen LogP contribution in [0.4, 0.5) is 0 Å². The highest BCUT2D eigenvalue weighted by atomic mass is 35.5. The van der Waals surface area contributed by atoms with Crippen LogP contribution >= 0.6 is 12.4 Å². The van der Waals surface area contributed by atoms with E-state index in [1.54, 1.807) is 0 Å². The number of carbonyl (C=O) groups is 1. The molecule has 1 heterocycles. The van der Waals surface area contributed by atoms with Crippen molar-refractivity contribution in [1.29, 1.82) is 0 Å². The van der Waals surface area contributed by atoms with Gasteiger partial charge in [-0.3, -0.25) is 4.79 Å². The summed E-state index contributed by atoms with van der Waals surface area (Å²) in [6.45, 7) is 4.61. The predicted octanol–water partition coefficient (Wildman–Crippen LogP) is 1.81. The molecule has 0 bridgehead atoms. The van der Waals surface area contributed by atoms with E-state index in [9.17, 15) is 4.79 Å². The van der Waals surface area contributed by atoms with Crippen LogP contribution in [-0.4, -0.2) is 38.8 Å². The number of hydrogen-bond donors (Lipinski definition) is 2. The Morgan fingerprint density at radius 2 is 2.27 bits per heavy atom. The summed E-state index contributed by atoms with van der Waals surface area (Å²) in [5, 5.41) is 5.89.